The van der Waals surface area contributed by atoms with Crippen molar-refractivity contribution in [3.05, 3.63) is 65.7 Å². The lowest BCUT2D eigenvalue weighted by atomic mass is 9.99. The molecule has 9 nitrogen and oxygen atoms in total. The number of rotatable bonds is 12. The van der Waals surface area contributed by atoms with Crippen molar-refractivity contribution < 1.29 is 24.2 Å². The number of amides is 2. The summed E-state index contributed by atoms with van der Waals surface area (Å²) in [4.78, 5) is 37.8. The number of ketones is 1. The van der Waals surface area contributed by atoms with Gasteiger partial charge in [-0.25, -0.2) is 10.3 Å². The zero-order valence-electron chi connectivity index (χ0n) is 18.8. The van der Waals surface area contributed by atoms with Crippen LogP contribution in [-0.2, 0) is 27.4 Å². The zero-order chi connectivity index (χ0) is 24.2. The minimum atomic E-state index is -0.937. The van der Waals surface area contributed by atoms with E-state index >= 15 is 0 Å². The Labute approximate surface area is 193 Å². The van der Waals surface area contributed by atoms with Crippen LogP contribution in [0.2, 0.25) is 0 Å². The number of Topliss-reactive ketones (excluding diaryl/α,β-unsaturated/α-hetero) is 1. The van der Waals surface area contributed by atoms with Crippen molar-refractivity contribution in [2.45, 2.75) is 45.4 Å². The summed E-state index contributed by atoms with van der Waals surface area (Å²) >= 11 is 0. The molecule has 2 rings (SSSR count). The molecule has 0 radical (unpaired) electrons. The molecule has 2 unspecified atom stereocenters. The lowest BCUT2D eigenvalue weighted by Crippen LogP contribution is -2.53. The van der Waals surface area contributed by atoms with E-state index in [0.29, 0.717) is 12.0 Å². The predicted molar refractivity (Wildman–Crippen MR) is 122 cm³/mol. The quantitative estimate of drug-likeness (QED) is 0.364. The standard InChI is InChI=1S/C24H30N4O5/c1-16(2)12-21(28-24(32)33-15-18-6-4-3-5-7-18)23(31)27-20(22(30)14-26-25)13-17-8-10-19(29)11-9-17/h3-11,16,20-21,25,29H,12-15H2,1-2H3,(H,27,31)(H,28,32). The third-order valence-corrected chi connectivity index (χ3v) is 4.84. The molecular weight excluding hydrogens is 424 g/mol. The van der Waals surface area contributed by atoms with Crippen molar-refractivity contribution in [2.75, 3.05) is 6.54 Å². The van der Waals surface area contributed by atoms with Gasteiger partial charge >= 0.3 is 6.09 Å². The van der Waals surface area contributed by atoms with Crippen LogP contribution in [0.25, 0.3) is 0 Å². The maximum Gasteiger partial charge on any atom is 0.408 e. The number of carbonyl (C=O) groups excluding carboxylic acids is 3. The number of phenols is 1. The molecule has 2 amide bonds. The van der Waals surface area contributed by atoms with Gasteiger partial charge in [0.25, 0.3) is 0 Å². The third kappa shape index (κ3) is 9.10. The second-order valence-electron chi connectivity index (χ2n) is 8.10. The molecular formula is C24H30N4O5. The van der Waals surface area contributed by atoms with Gasteiger partial charge in [-0.3, -0.25) is 9.59 Å². The summed E-state index contributed by atoms with van der Waals surface area (Å²) in [5.41, 5.74) is 8.52. The van der Waals surface area contributed by atoms with Gasteiger partial charge < -0.3 is 20.5 Å². The minimum absolute atomic E-state index is 0.0651. The Bertz CT molecular complexity index is 932. The molecule has 176 valence electrons. The van der Waals surface area contributed by atoms with Crippen molar-refractivity contribution in [3.8, 4) is 5.75 Å². The summed E-state index contributed by atoms with van der Waals surface area (Å²) in [7, 11) is 0. The number of phenolic OH excluding ortho intramolecular Hbond substituents is 1. The molecule has 0 aliphatic heterocycles. The number of hydrogen-bond acceptors (Lipinski definition) is 7. The van der Waals surface area contributed by atoms with E-state index in [0.717, 1.165) is 5.56 Å². The van der Waals surface area contributed by atoms with Crippen LogP contribution < -0.4 is 10.6 Å². The summed E-state index contributed by atoms with van der Waals surface area (Å²) < 4.78 is 5.23. The van der Waals surface area contributed by atoms with Crippen LogP contribution in [0.5, 0.6) is 5.75 Å². The second-order valence-corrected chi connectivity index (χ2v) is 8.10. The minimum Gasteiger partial charge on any atom is -0.508 e. The van der Waals surface area contributed by atoms with Crippen molar-refractivity contribution in [3.63, 3.8) is 0 Å². The van der Waals surface area contributed by atoms with Crippen LogP contribution in [-0.4, -0.2) is 41.5 Å². The third-order valence-electron chi connectivity index (χ3n) is 4.84. The lowest BCUT2D eigenvalue weighted by Gasteiger charge is -2.23. The largest absolute Gasteiger partial charge is 0.508 e. The molecule has 0 bridgehead atoms. The normalized spacial score (nSPS) is 12.5. The highest BCUT2D eigenvalue weighted by Gasteiger charge is 2.28. The van der Waals surface area contributed by atoms with Crippen LogP contribution in [0, 0.1) is 11.4 Å². The molecule has 0 saturated carbocycles. The summed E-state index contributed by atoms with van der Waals surface area (Å²) in [5, 5.41) is 17.9. The van der Waals surface area contributed by atoms with Crippen molar-refractivity contribution >= 4 is 17.8 Å². The Morgan fingerprint density at radius 2 is 1.64 bits per heavy atom. The van der Waals surface area contributed by atoms with Gasteiger partial charge in [-0.05, 0) is 42.0 Å². The number of benzene rings is 2. The van der Waals surface area contributed by atoms with Gasteiger partial charge in [0.2, 0.25) is 5.91 Å². The Hall–Kier alpha value is -3.75. The molecule has 9 heteroatoms. The fourth-order valence-corrected chi connectivity index (χ4v) is 3.18. The summed E-state index contributed by atoms with van der Waals surface area (Å²) in [5.74, 6) is -0.782. The Balaban J connectivity index is 2.06. The number of carbonyl (C=O) groups is 3. The monoisotopic (exact) mass is 454 g/mol. The van der Waals surface area contributed by atoms with Crippen LogP contribution in [0.15, 0.2) is 59.7 Å². The summed E-state index contributed by atoms with van der Waals surface area (Å²) in [6.07, 6.45) is -0.232. The molecule has 0 heterocycles. The SMILES string of the molecule is CC(C)CC(NC(=O)OCc1ccccc1)C(=O)NC(Cc1ccc(O)cc1)C(=O)CN=N. The number of nitrogens with zero attached hydrogens (tertiary/aromatic N) is 1. The highest BCUT2D eigenvalue weighted by atomic mass is 16.5. The van der Waals surface area contributed by atoms with Crippen molar-refractivity contribution in [1.29, 1.82) is 5.53 Å². The topological polar surface area (TPSA) is 141 Å². The average Bonchev–Trinajstić information content (AvgIpc) is 2.78. The van der Waals surface area contributed by atoms with Crippen molar-refractivity contribution in [1.82, 2.24) is 10.6 Å². The molecule has 4 N–H and O–H groups in total. The first kappa shape index (κ1) is 25.5. The van der Waals surface area contributed by atoms with Gasteiger partial charge in [-0.1, -0.05) is 56.3 Å². The van der Waals surface area contributed by atoms with Gasteiger partial charge in [0, 0.05) is 0 Å². The molecule has 0 aliphatic carbocycles. The van der Waals surface area contributed by atoms with Crippen LogP contribution in [0.3, 0.4) is 0 Å². The molecule has 0 fully saturated rings. The maximum atomic E-state index is 13.0. The van der Waals surface area contributed by atoms with E-state index in [1.54, 1.807) is 12.1 Å². The van der Waals surface area contributed by atoms with Gasteiger partial charge in [-0.2, -0.15) is 5.11 Å². The fraction of sp³-hybridized carbons (Fsp3) is 0.375. The zero-order valence-corrected chi connectivity index (χ0v) is 18.8. The van der Waals surface area contributed by atoms with E-state index in [-0.39, 0.29) is 31.2 Å². The van der Waals surface area contributed by atoms with E-state index < -0.39 is 29.9 Å². The van der Waals surface area contributed by atoms with Crippen LogP contribution >= 0.6 is 0 Å². The molecule has 0 aromatic heterocycles. The molecule has 2 aromatic carbocycles. The predicted octanol–water partition coefficient (Wildman–Crippen LogP) is 3.36. The van der Waals surface area contributed by atoms with E-state index in [1.807, 2.05) is 44.2 Å². The van der Waals surface area contributed by atoms with Crippen LogP contribution in [0.1, 0.15) is 31.4 Å². The molecule has 0 saturated heterocycles. The fourth-order valence-electron chi connectivity index (χ4n) is 3.18. The first-order valence-electron chi connectivity index (χ1n) is 10.7. The maximum absolute atomic E-state index is 13.0. The van der Waals surface area contributed by atoms with E-state index in [2.05, 4.69) is 15.7 Å². The van der Waals surface area contributed by atoms with Gasteiger partial charge in [-0.15, -0.1) is 0 Å². The first-order valence-corrected chi connectivity index (χ1v) is 10.7. The van der Waals surface area contributed by atoms with E-state index in [1.165, 1.54) is 12.1 Å². The van der Waals surface area contributed by atoms with E-state index in [4.69, 9.17) is 10.3 Å². The first-order chi connectivity index (χ1) is 15.8. The highest BCUT2D eigenvalue weighted by molar-refractivity contribution is 5.93. The second kappa shape index (κ2) is 12.9. The molecule has 33 heavy (non-hydrogen) atoms. The van der Waals surface area contributed by atoms with Crippen LogP contribution in [0.4, 0.5) is 4.79 Å². The van der Waals surface area contributed by atoms with Crippen molar-refractivity contribution in [2.24, 2.45) is 11.0 Å². The van der Waals surface area contributed by atoms with Gasteiger partial charge in [0.1, 0.15) is 24.9 Å². The smallest absolute Gasteiger partial charge is 0.408 e. The Morgan fingerprint density at radius 1 is 0.970 bits per heavy atom. The Morgan fingerprint density at radius 3 is 2.24 bits per heavy atom. The molecule has 2 aromatic rings. The molecule has 2 atom stereocenters. The van der Waals surface area contributed by atoms with E-state index in [9.17, 15) is 19.5 Å². The highest BCUT2D eigenvalue weighted by Crippen LogP contribution is 2.13. The summed E-state index contributed by atoms with van der Waals surface area (Å²) in [6, 6.07) is 13.6. The lowest BCUT2D eigenvalue weighted by molar-refractivity contribution is -0.128. The number of alkyl carbamates (subject to hydrolysis) is 1. The molecule has 0 aliphatic rings. The molecule has 0 spiro atoms. The number of ether oxygens (including phenoxy) is 1. The van der Waals surface area contributed by atoms with Gasteiger partial charge in [0.15, 0.2) is 5.78 Å². The van der Waals surface area contributed by atoms with Gasteiger partial charge in [0.05, 0.1) is 6.04 Å². The number of nitrogens with one attached hydrogen (secondary N) is 3. The number of aromatic hydroxyl groups is 1. The number of hydrogen-bond donors (Lipinski definition) is 4. The summed E-state index contributed by atoms with van der Waals surface area (Å²) in [6.45, 7) is 3.52. The average molecular weight is 455 g/mol. The Kier molecular flexibility index (Phi) is 10.0.